The second kappa shape index (κ2) is 13.0. The van der Waals surface area contributed by atoms with E-state index in [0.717, 1.165) is 18.5 Å². The topological polar surface area (TPSA) is 78.9 Å². The van der Waals surface area contributed by atoms with E-state index < -0.39 is 5.60 Å². The molecule has 1 aromatic heterocycles. The summed E-state index contributed by atoms with van der Waals surface area (Å²) in [6.07, 6.45) is 2.20. The minimum Gasteiger partial charge on any atom is -0.444 e. The van der Waals surface area contributed by atoms with E-state index in [2.05, 4.69) is 20.6 Å². The molecule has 1 rings (SSSR count). The number of guanidine groups is 1. The van der Waals surface area contributed by atoms with Crippen molar-refractivity contribution in [2.24, 2.45) is 4.99 Å². The average molecular weight is 512 g/mol. The van der Waals surface area contributed by atoms with E-state index >= 15 is 0 Å². The van der Waals surface area contributed by atoms with E-state index in [4.69, 9.17) is 16.3 Å². The van der Waals surface area contributed by atoms with Gasteiger partial charge >= 0.3 is 6.09 Å². The highest BCUT2D eigenvalue weighted by atomic mass is 127. The van der Waals surface area contributed by atoms with Gasteiger partial charge in [-0.3, -0.25) is 4.99 Å². The highest BCUT2D eigenvalue weighted by Crippen LogP contribution is 2.08. The monoisotopic (exact) mass is 511 g/mol. The third-order valence-corrected chi connectivity index (χ3v) is 3.47. The first kappa shape index (κ1) is 25.7. The third kappa shape index (κ3) is 11.9. The molecule has 0 aliphatic carbocycles. The number of rotatable bonds is 7. The molecule has 1 heterocycles. The first-order chi connectivity index (χ1) is 12.2. The second-order valence-corrected chi connectivity index (χ2v) is 7.22. The van der Waals surface area contributed by atoms with Crippen LogP contribution in [0.4, 0.5) is 4.79 Å². The van der Waals surface area contributed by atoms with Crippen molar-refractivity contribution in [3.05, 3.63) is 29.0 Å². The molecule has 0 spiro atoms. The summed E-state index contributed by atoms with van der Waals surface area (Å²) in [6, 6.07) is 3.72. The van der Waals surface area contributed by atoms with Crippen LogP contribution in [-0.2, 0) is 11.2 Å². The number of ether oxygens (including phenoxy) is 1. The number of aromatic nitrogens is 1. The van der Waals surface area contributed by atoms with Crippen LogP contribution in [0.1, 0.15) is 33.3 Å². The van der Waals surface area contributed by atoms with Crippen LogP contribution in [0, 0.1) is 0 Å². The predicted octanol–water partition coefficient (Wildman–Crippen LogP) is 3.32. The first-order valence-corrected chi connectivity index (χ1v) is 9.16. The Kier molecular flexibility index (Phi) is 12.4. The SMILES string of the molecule is CCNC(=NCCc1ccc(Cl)nc1)NCCN(C)C(=O)OC(C)(C)C.I. The molecule has 0 saturated heterocycles. The van der Waals surface area contributed by atoms with Gasteiger partial charge in [0.25, 0.3) is 0 Å². The number of halogens is 2. The average Bonchev–Trinajstić information content (AvgIpc) is 2.55. The molecule has 0 unspecified atom stereocenters. The Bertz CT molecular complexity index is 590. The summed E-state index contributed by atoms with van der Waals surface area (Å²) < 4.78 is 5.32. The highest BCUT2D eigenvalue weighted by Gasteiger charge is 2.19. The molecule has 0 saturated carbocycles. The molecule has 0 aliphatic heterocycles. The molecule has 154 valence electrons. The fourth-order valence-corrected chi connectivity index (χ4v) is 2.08. The smallest absolute Gasteiger partial charge is 0.410 e. The lowest BCUT2D eigenvalue weighted by molar-refractivity contribution is 0.0302. The van der Waals surface area contributed by atoms with Crippen molar-refractivity contribution in [2.75, 3.05) is 33.2 Å². The quantitative estimate of drug-likeness (QED) is 0.254. The molecular weight excluding hydrogens is 481 g/mol. The number of carbonyl (C=O) groups excluding carboxylic acids is 1. The lowest BCUT2D eigenvalue weighted by Gasteiger charge is -2.24. The maximum absolute atomic E-state index is 11.9. The number of hydrogen-bond acceptors (Lipinski definition) is 4. The van der Waals surface area contributed by atoms with Gasteiger partial charge in [-0.2, -0.15) is 0 Å². The van der Waals surface area contributed by atoms with Gasteiger partial charge in [0.15, 0.2) is 5.96 Å². The lowest BCUT2D eigenvalue weighted by Crippen LogP contribution is -2.43. The van der Waals surface area contributed by atoms with Gasteiger partial charge in [-0.15, -0.1) is 24.0 Å². The van der Waals surface area contributed by atoms with Crippen molar-refractivity contribution >= 4 is 47.6 Å². The third-order valence-electron chi connectivity index (χ3n) is 3.25. The Morgan fingerprint density at radius 2 is 2.04 bits per heavy atom. The fraction of sp³-hybridized carbons (Fsp3) is 0.611. The molecule has 0 bridgehead atoms. The zero-order chi connectivity index (χ0) is 19.6. The summed E-state index contributed by atoms with van der Waals surface area (Å²) in [5.41, 5.74) is 0.588. The minimum absolute atomic E-state index is 0. The molecule has 0 fully saturated rings. The van der Waals surface area contributed by atoms with Gasteiger partial charge in [-0.25, -0.2) is 9.78 Å². The Morgan fingerprint density at radius 3 is 2.59 bits per heavy atom. The van der Waals surface area contributed by atoms with Crippen LogP contribution in [0.2, 0.25) is 5.15 Å². The number of aliphatic imine (C=N–C) groups is 1. The molecule has 0 aliphatic rings. The van der Waals surface area contributed by atoms with Gasteiger partial charge in [0.1, 0.15) is 10.8 Å². The van der Waals surface area contributed by atoms with Crippen LogP contribution in [0.5, 0.6) is 0 Å². The van der Waals surface area contributed by atoms with Gasteiger partial charge in [-0.1, -0.05) is 17.7 Å². The molecule has 1 aromatic rings. The van der Waals surface area contributed by atoms with Gasteiger partial charge in [-0.05, 0) is 45.7 Å². The van der Waals surface area contributed by atoms with Gasteiger partial charge in [0.2, 0.25) is 0 Å². The number of carbonyl (C=O) groups is 1. The fourth-order valence-electron chi connectivity index (χ4n) is 1.97. The molecule has 9 heteroatoms. The Balaban J connectivity index is 0.00000676. The largest absolute Gasteiger partial charge is 0.444 e. The van der Waals surface area contributed by atoms with Crippen LogP contribution in [0.15, 0.2) is 23.3 Å². The summed E-state index contributed by atoms with van der Waals surface area (Å²) in [7, 11) is 1.72. The summed E-state index contributed by atoms with van der Waals surface area (Å²) in [5.74, 6) is 0.715. The van der Waals surface area contributed by atoms with E-state index in [9.17, 15) is 4.79 Å². The summed E-state index contributed by atoms with van der Waals surface area (Å²) in [5, 5.41) is 6.89. The maximum atomic E-state index is 11.9. The lowest BCUT2D eigenvalue weighted by atomic mass is 10.2. The molecule has 1 amide bonds. The predicted molar refractivity (Wildman–Crippen MR) is 121 cm³/mol. The zero-order valence-electron chi connectivity index (χ0n) is 16.7. The van der Waals surface area contributed by atoms with Crippen molar-refractivity contribution in [2.45, 2.75) is 39.7 Å². The van der Waals surface area contributed by atoms with E-state index in [-0.39, 0.29) is 30.1 Å². The molecule has 7 nitrogen and oxygen atoms in total. The van der Waals surface area contributed by atoms with E-state index in [0.29, 0.717) is 30.7 Å². The standard InChI is InChI=1S/C18H30ClN5O2.HI/c1-6-20-16(21-10-9-14-7-8-15(19)23-13-14)22-11-12-24(5)17(25)26-18(2,3)4;/h7-8,13H,6,9-12H2,1-5H3,(H2,20,21,22);1H. The minimum atomic E-state index is -0.494. The summed E-state index contributed by atoms with van der Waals surface area (Å²) >= 11 is 5.78. The van der Waals surface area contributed by atoms with Crippen LogP contribution in [-0.4, -0.2) is 60.8 Å². The highest BCUT2D eigenvalue weighted by molar-refractivity contribution is 14.0. The van der Waals surface area contributed by atoms with E-state index in [1.165, 1.54) is 0 Å². The van der Waals surface area contributed by atoms with Crippen molar-refractivity contribution in [3.63, 3.8) is 0 Å². The van der Waals surface area contributed by atoms with E-state index in [1.807, 2.05) is 33.8 Å². The van der Waals surface area contributed by atoms with Gasteiger partial charge in [0, 0.05) is 39.4 Å². The number of amides is 1. The number of pyridine rings is 1. The molecule has 0 aromatic carbocycles. The number of nitrogens with zero attached hydrogens (tertiary/aromatic N) is 3. The number of likely N-dealkylation sites (N-methyl/N-ethyl adjacent to an activating group) is 1. The van der Waals surface area contributed by atoms with E-state index in [1.54, 1.807) is 24.2 Å². The zero-order valence-corrected chi connectivity index (χ0v) is 19.8. The van der Waals surface area contributed by atoms with Crippen molar-refractivity contribution in [1.29, 1.82) is 0 Å². The number of nitrogens with one attached hydrogen (secondary N) is 2. The molecule has 2 N–H and O–H groups in total. The Morgan fingerprint density at radius 1 is 1.33 bits per heavy atom. The van der Waals surface area contributed by atoms with Gasteiger partial charge < -0.3 is 20.3 Å². The summed E-state index contributed by atoms with van der Waals surface area (Å²) in [4.78, 5) is 22.1. The van der Waals surface area contributed by atoms with Crippen LogP contribution in [0.3, 0.4) is 0 Å². The molecule has 27 heavy (non-hydrogen) atoms. The molecular formula is C18H31ClIN5O2. The van der Waals surface area contributed by atoms with Crippen molar-refractivity contribution < 1.29 is 9.53 Å². The van der Waals surface area contributed by atoms with Crippen molar-refractivity contribution in [1.82, 2.24) is 20.5 Å². The van der Waals surface area contributed by atoms with Gasteiger partial charge in [0.05, 0.1) is 0 Å². The van der Waals surface area contributed by atoms with Crippen molar-refractivity contribution in [3.8, 4) is 0 Å². The Hall–Kier alpha value is -1.29. The normalized spacial score (nSPS) is 11.4. The maximum Gasteiger partial charge on any atom is 0.410 e. The molecule has 0 radical (unpaired) electrons. The van der Waals surface area contributed by atoms with Crippen LogP contribution >= 0.6 is 35.6 Å². The van der Waals surface area contributed by atoms with Crippen LogP contribution < -0.4 is 10.6 Å². The molecule has 0 atom stereocenters. The second-order valence-electron chi connectivity index (χ2n) is 6.83. The van der Waals surface area contributed by atoms with Crippen LogP contribution in [0.25, 0.3) is 0 Å². The number of hydrogen-bond donors (Lipinski definition) is 2. The summed E-state index contributed by atoms with van der Waals surface area (Å²) in [6.45, 7) is 10.0. The first-order valence-electron chi connectivity index (χ1n) is 8.78. The Labute approximate surface area is 184 Å².